The van der Waals surface area contributed by atoms with Crippen LogP contribution in [0.3, 0.4) is 0 Å². The van der Waals surface area contributed by atoms with Gasteiger partial charge in [-0.25, -0.2) is 0 Å². The van der Waals surface area contributed by atoms with Crippen LogP contribution in [0.5, 0.6) is 0 Å². The Kier molecular flexibility index (Phi) is 5.17. The van der Waals surface area contributed by atoms with Crippen molar-refractivity contribution < 1.29 is 22.8 Å². The molecule has 1 aromatic rings. The molecule has 0 spiro atoms. The Hall–Kier alpha value is -2.31. The Morgan fingerprint density at radius 3 is 2.45 bits per heavy atom. The lowest BCUT2D eigenvalue weighted by Crippen LogP contribution is -2.49. The fourth-order valence-electron chi connectivity index (χ4n) is 4.88. The maximum absolute atomic E-state index is 12.9. The van der Waals surface area contributed by atoms with Crippen LogP contribution in [0.4, 0.5) is 13.2 Å². The second kappa shape index (κ2) is 7.50. The Morgan fingerprint density at radius 1 is 1.07 bits per heavy atom. The van der Waals surface area contributed by atoms with Crippen LogP contribution < -0.4 is 0 Å². The molecular weight excluding hydrogens is 381 g/mol. The minimum absolute atomic E-state index is 0.0367. The molecule has 2 aliphatic heterocycles. The lowest BCUT2D eigenvalue weighted by molar-refractivity contribution is -0.143. The maximum Gasteiger partial charge on any atom is 0.416 e. The molecule has 0 saturated carbocycles. The van der Waals surface area contributed by atoms with E-state index in [9.17, 15) is 22.8 Å². The predicted molar refractivity (Wildman–Crippen MR) is 103 cm³/mol. The smallest absolute Gasteiger partial charge is 0.341 e. The lowest BCUT2D eigenvalue weighted by atomic mass is 9.88. The molecule has 3 aliphatic rings. The molecule has 4 nitrogen and oxygen atoms in total. The Bertz CT molecular complexity index is 854. The van der Waals surface area contributed by atoms with Gasteiger partial charge in [-0.05, 0) is 61.3 Å². The van der Waals surface area contributed by atoms with Gasteiger partial charge in [-0.15, -0.1) is 0 Å². The van der Waals surface area contributed by atoms with Crippen LogP contribution >= 0.6 is 0 Å². The summed E-state index contributed by atoms with van der Waals surface area (Å²) in [7, 11) is 0. The number of likely N-dealkylation sites (tertiary alicyclic amines) is 2. The average Bonchev–Trinajstić information content (AvgIpc) is 3.33. The van der Waals surface area contributed by atoms with Gasteiger partial charge in [0.2, 0.25) is 11.8 Å². The molecule has 4 rings (SSSR count). The first kappa shape index (κ1) is 20.0. The summed E-state index contributed by atoms with van der Waals surface area (Å²) in [4.78, 5) is 28.1. The largest absolute Gasteiger partial charge is 0.416 e. The molecule has 0 radical (unpaired) electrons. The zero-order chi connectivity index (χ0) is 20.8. The number of carbonyl (C=O) groups excluding carboxylic acids is 2. The third-order valence-corrected chi connectivity index (χ3v) is 6.48. The highest BCUT2D eigenvalue weighted by molar-refractivity contribution is 5.87. The topological polar surface area (TPSA) is 40.6 Å². The number of hydrogen-bond acceptors (Lipinski definition) is 2. The monoisotopic (exact) mass is 406 g/mol. The summed E-state index contributed by atoms with van der Waals surface area (Å²) in [6.07, 6.45) is 1.46. The number of halogens is 3. The molecule has 2 heterocycles. The lowest BCUT2D eigenvalue weighted by Gasteiger charge is -2.35. The van der Waals surface area contributed by atoms with E-state index in [1.54, 1.807) is 11.0 Å². The van der Waals surface area contributed by atoms with E-state index in [1.807, 2.05) is 11.0 Å². The van der Waals surface area contributed by atoms with E-state index in [4.69, 9.17) is 0 Å². The van der Waals surface area contributed by atoms with E-state index >= 15 is 0 Å². The SMILES string of the molecule is CC(=O)N1CCC[C@@H]1C(=O)N1CCC(C2=Cc3cc(C(F)(F)F)ccc3C2)CC1. The predicted octanol–water partition coefficient (Wildman–Crippen LogP) is 3.89. The van der Waals surface area contributed by atoms with Crippen LogP contribution in [0.25, 0.3) is 6.08 Å². The summed E-state index contributed by atoms with van der Waals surface area (Å²) in [5.74, 6) is 0.269. The van der Waals surface area contributed by atoms with Crippen molar-refractivity contribution in [2.24, 2.45) is 5.92 Å². The summed E-state index contributed by atoms with van der Waals surface area (Å²) >= 11 is 0. The molecule has 29 heavy (non-hydrogen) atoms. The first-order valence-electron chi connectivity index (χ1n) is 10.2. The molecular formula is C22H25F3N2O2. The third-order valence-electron chi connectivity index (χ3n) is 6.48. The van der Waals surface area contributed by atoms with Crippen LogP contribution in [0.1, 0.15) is 49.3 Å². The van der Waals surface area contributed by atoms with E-state index in [2.05, 4.69) is 0 Å². The van der Waals surface area contributed by atoms with Crippen LogP contribution in [0.15, 0.2) is 23.8 Å². The van der Waals surface area contributed by atoms with Crippen molar-refractivity contribution in [1.82, 2.24) is 9.80 Å². The number of hydrogen-bond donors (Lipinski definition) is 0. The molecule has 0 N–H and O–H groups in total. The fraction of sp³-hybridized carbons (Fsp3) is 0.545. The van der Waals surface area contributed by atoms with Gasteiger partial charge in [0.15, 0.2) is 0 Å². The highest BCUT2D eigenvalue weighted by Crippen LogP contribution is 2.38. The first-order valence-corrected chi connectivity index (χ1v) is 10.2. The molecule has 0 aromatic heterocycles. The van der Waals surface area contributed by atoms with Gasteiger partial charge in [0.05, 0.1) is 5.56 Å². The van der Waals surface area contributed by atoms with Crippen molar-refractivity contribution in [3.05, 3.63) is 40.5 Å². The summed E-state index contributed by atoms with van der Waals surface area (Å²) in [6.45, 7) is 3.42. The van der Waals surface area contributed by atoms with E-state index in [1.165, 1.54) is 13.0 Å². The third kappa shape index (κ3) is 3.91. The number of nitrogens with zero attached hydrogens (tertiary/aromatic N) is 2. The van der Waals surface area contributed by atoms with Gasteiger partial charge in [-0.2, -0.15) is 13.2 Å². The Labute approximate surface area is 168 Å². The quantitative estimate of drug-likeness (QED) is 0.748. The molecule has 0 unspecified atom stereocenters. The molecule has 1 aromatic carbocycles. The summed E-state index contributed by atoms with van der Waals surface area (Å²) in [5.41, 5.74) is 2.16. The highest BCUT2D eigenvalue weighted by Gasteiger charge is 2.37. The van der Waals surface area contributed by atoms with Gasteiger partial charge < -0.3 is 9.80 Å². The summed E-state index contributed by atoms with van der Waals surface area (Å²) < 4.78 is 38.8. The molecule has 156 valence electrons. The molecule has 2 fully saturated rings. The number of allylic oxidation sites excluding steroid dienone is 1. The van der Waals surface area contributed by atoms with Crippen molar-refractivity contribution in [2.45, 2.75) is 51.2 Å². The van der Waals surface area contributed by atoms with E-state index in [-0.39, 0.29) is 23.8 Å². The van der Waals surface area contributed by atoms with E-state index < -0.39 is 11.7 Å². The average molecular weight is 406 g/mol. The zero-order valence-corrected chi connectivity index (χ0v) is 16.5. The van der Waals surface area contributed by atoms with Crippen LogP contribution in [0.2, 0.25) is 0 Å². The Balaban J connectivity index is 1.39. The second-order valence-corrected chi connectivity index (χ2v) is 8.28. The first-order chi connectivity index (χ1) is 13.7. The zero-order valence-electron chi connectivity index (χ0n) is 16.5. The number of fused-ring (bicyclic) bond motifs is 1. The standard InChI is InChI=1S/C22H25F3N2O2/c1-14(28)27-8-2-3-20(27)21(29)26-9-6-15(7-10-26)17-11-16-4-5-19(22(23,24)25)13-18(16)12-17/h4-5,12-13,15,20H,2-3,6-11H2,1H3/t20-/m1/s1. The minimum Gasteiger partial charge on any atom is -0.341 e. The van der Waals surface area contributed by atoms with Gasteiger partial charge in [0, 0.05) is 26.6 Å². The number of rotatable bonds is 2. The van der Waals surface area contributed by atoms with Crippen molar-refractivity contribution >= 4 is 17.9 Å². The van der Waals surface area contributed by atoms with Crippen molar-refractivity contribution in [1.29, 1.82) is 0 Å². The molecule has 7 heteroatoms. The van der Waals surface area contributed by atoms with Gasteiger partial charge in [0.1, 0.15) is 6.04 Å². The minimum atomic E-state index is -4.33. The number of alkyl halides is 3. The molecule has 0 bridgehead atoms. The van der Waals surface area contributed by atoms with E-state index in [0.29, 0.717) is 31.6 Å². The highest BCUT2D eigenvalue weighted by atomic mass is 19.4. The number of piperidine rings is 1. The van der Waals surface area contributed by atoms with Gasteiger partial charge in [0.25, 0.3) is 0 Å². The Morgan fingerprint density at radius 2 is 1.79 bits per heavy atom. The summed E-state index contributed by atoms with van der Waals surface area (Å²) in [5, 5.41) is 0. The van der Waals surface area contributed by atoms with E-state index in [0.717, 1.165) is 42.9 Å². The van der Waals surface area contributed by atoms with Crippen molar-refractivity contribution in [3.63, 3.8) is 0 Å². The van der Waals surface area contributed by atoms with Gasteiger partial charge in [-0.3, -0.25) is 9.59 Å². The van der Waals surface area contributed by atoms with Crippen LogP contribution in [-0.4, -0.2) is 47.3 Å². The van der Waals surface area contributed by atoms with Crippen LogP contribution in [-0.2, 0) is 22.2 Å². The van der Waals surface area contributed by atoms with Crippen molar-refractivity contribution in [2.75, 3.05) is 19.6 Å². The number of carbonyl (C=O) groups is 2. The molecule has 1 aliphatic carbocycles. The normalized spacial score (nSPS) is 22.6. The summed E-state index contributed by atoms with van der Waals surface area (Å²) in [6, 6.07) is 3.63. The fourth-order valence-corrected chi connectivity index (χ4v) is 4.88. The number of benzene rings is 1. The molecule has 2 saturated heterocycles. The molecule has 1 atom stereocenters. The van der Waals surface area contributed by atoms with Gasteiger partial charge in [-0.1, -0.05) is 17.7 Å². The van der Waals surface area contributed by atoms with Gasteiger partial charge >= 0.3 is 6.18 Å². The molecule has 2 amide bonds. The number of amides is 2. The second-order valence-electron chi connectivity index (χ2n) is 8.28. The maximum atomic E-state index is 12.9. The van der Waals surface area contributed by atoms with Crippen molar-refractivity contribution in [3.8, 4) is 0 Å². The van der Waals surface area contributed by atoms with Crippen LogP contribution in [0, 0.1) is 5.92 Å².